The van der Waals surface area contributed by atoms with Crippen molar-refractivity contribution in [2.24, 2.45) is 5.92 Å². The topological polar surface area (TPSA) is 0 Å². The molecule has 1 rings (SSSR count). The Balaban J connectivity index is 2.40. The van der Waals surface area contributed by atoms with Gasteiger partial charge in [-0.15, -0.1) is 0 Å². The summed E-state index contributed by atoms with van der Waals surface area (Å²) in [5.74, 6) is 1.04. The normalized spacial score (nSPS) is 34.8. The van der Waals surface area contributed by atoms with E-state index in [1.54, 1.807) is 0 Å². The fourth-order valence-electron chi connectivity index (χ4n) is 2.17. The summed E-state index contributed by atoms with van der Waals surface area (Å²) in [6, 6.07) is 0. The molecular weight excluding hydrogens is 136 g/mol. The van der Waals surface area contributed by atoms with E-state index in [1.165, 1.54) is 25.7 Å². The minimum absolute atomic E-state index is 0.0161. The molecule has 1 aliphatic carbocycles. The van der Waals surface area contributed by atoms with E-state index >= 15 is 0 Å². The van der Waals surface area contributed by atoms with Crippen molar-refractivity contribution < 1.29 is 0 Å². The predicted octanol–water partition coefficient (Wildman–Crippen LogP) is 3.32. The van der Waals surface area contributed by atoms with E-state index < -0.39 is 0 Å². The van der Waals surface area contributed by atoms with Crippen LogP contribution < -0.4 is 0 Å². The Kier molecular flexibility index (Phi) is 2.96. The lowest BCUT2D eigenvalue weighted by Crippen LogP contribution is -2.22. The molecule has 0 spiro atoms. The Hall–Kier alpha value is 0.217. The van der Waals surface area contributed by atoms with Crippen LogP contribution in [0.2, 0.25) is 18.6 Å². The van der Waals surface area contributed by atoms with Crippen molar-refractivity contribution in [3.8, 4) is 0 Å². The van der Waals surface area contributed by atoms with Gasteiger partial charge in [0.05, 0.1) is 0 Å². The summed E-state index contributed by atoms with van der Waals surface area (Å²) < 4.78 is 0. The van der Waals surface area contributed by atoms with E-state index in [0.717, 1.165) is 11.5 Å². The van der Waals surface area contributed by atoms with E-state index in [2.05, 4.69) is 20.0 Å². The average Bonchev–Trinajstić information content (AvgIpc) is 1.88. The van der Waals surface area contributed by atoms with Gasteiger partial charge in [0.1, 0.15) is 0 Å². The molecule has 0 aromatic heterocycles. The molecule has 2 atom stereocenters. The minimum atomic E-state index is 0.0161. The monoisotopic (exact) mass is 155 g/mol. The van der Waals surface area contributed by atoms with Gasteiger partial charge >= 0.3 is 0 Å². The first-order chi connectivity index (χ1) is 4.72. The zero-order valence-corrected chi connectivity index (χ0v) is 8.48. The summed E-state index contributed by atoms with van der Waals surface area (Å²) in [6.45, 7) is 7.38. The van der Waals surface area contributed by atoms with Crippen molar-refractivity contribution in [2.45, 2.75) is 51.2 Å². The van der Waals surface area contributed by atoms with Crippen LogP contribution in [0.25, 0.3) is 0 Å². The molecule has 0 nitrogen and oxygen atoms in total. The number of rotatable bonds is 1. The van der Waals surface area contributed by atoms with Gasteiger partial charge in [0, 0.05) is 8.80 Å². The molecule has 0 unspecified atom stereocenters. The predicted molar refractivity (Wildman–Crippen MR) is 48.9 cm³/mol. The molecule has 0 aromatic carbocycles. The van der Waals surface area contributed by atoms with E-state index in [9.17, 15) is 0 Å². The summed E-state index contributed by atoms with van der Waals surface area (Å²) in [5, 5.41) is 0. The first-order valence-corrected chi connectivity index (χ1v) is 7.09. The quantitative estimate of drug-likeness (QED) is 0.510. The van der Waals surface area contributed by atoms with Gasteiger partial charge in [0.25, 0.3) is 0 Å². The maximum Gasteiger partial charge on any atom is 0.0448 e. The van der Waals surface area contributed by atoms with Gasteiger partial charge in [0.2, 0.25) is 0 Å². The van der Waals surface area contributed by atoms with Gasteiger partial charge in [-0.2, -0.15) is 0 Å². The van der Waals surface area contributed by atoms with Crippen LogP contribution in [0.3, 0.4) is 0 Å². The third kappa shape index (κ3) is 1.85. The van der Waals surface area contributed by atoms with Gasteiger partial charge in [-0.25, -0.2) is 0 Å². The highest BCUT2D eigenvalue weighted by Crippen LogP contribution is 2.36. The first kappa shape index (κ1) is 8.31. The van der Waals surface area contributed by atoms with Gasteiger partial charge in [0.15, 0.2) is 0 Å². The molecule has 0 saturated heterocycles. The molecule has 0 bridgehead atoms. The molecular formula is C9H19Si. The second kappa shape index (κ2) is 3.56. The number of hydrogen-bond acceptors (Lipinski definition) is 0. The fraction of sp³-hybridized carbons (Fsp3) is 1.00. The third-order valence-corrected chi connectivity index (χ3v) is 5.19. The Morgan fingerprint density at radius 1 is 1.10 bits per heavy atom. The molecule has 10 heavy (non-hydrogen) atoms. The SMILES string of the molecule is C[C@@H]1CCCC[C@@H]1[Si](C)C. The summed E-state index contributed by atoms with van der Waals surface area (Å²) >= 11 is 0. The maximum atomic E-state index is 2.47. The molecule has 0 aromatic rings. The average molecular weight is 155 g/mol. The molecule has 0 N–H and O–H groups in total. The fourth-order valence-corrected chi connectivity index (χ4v) is 4.26. The van der Waals surface area contributed by atoms with Crippen molar-refractivity contribution in [3.63, 3.8) is 0 Å². The van der Waals surface area contributed by atoms with Gasteiger partial charge < -0.3 is 0 Å². The van der Waals surface area contributed by atoms with E-state index in [0.29, 0.717) is 0 Å². The van der Waals surface area contributed by atoms with Crippen molar-refractivity contribution in [1.82, 2.24) is 0 Å². The van der Waals surface area contributed by atoms with E-state index in [1.807, 2.05) is 0 Å². The summed E-state index contributed by atoms with van der Waals surface area (Å²) in [5.41, 5.74) is 1.12. The Morgan fingerprint density at radius 2 is 1.70 bits per heavy atom. The maximum absolute atomic E-state index is 2.47. The Labute approximate surface area is 66.6 Å². The van der Waals surface area contributed by atoms with Crippen molar-refractivity contribution in [1.29, 1.82) is 0 Å². The van der Waals surface area contributed by atoms with Crippen LogP contribution in [0.1, 0.15) is 32.6 Å². The highest BCUT2D eigenvalue weighted by molar-refractivity contribution is 6.57. The van der Waals surface area contributed by atoms with E-state index in [-0.39, 0.29) is 8.80 Å². The standard InChI is InChI=1S/C9H19Si/c1-8-6-4-5-7-9(8)10(2)3/h8-9H,4-7H2,1-3H3/t8-,9+/m1/s1. The smallest absolute Gasteiger partial charge is 0.0448 e. The Bertz CT molecular complexity index is 98.9. The van der Waals surface area contributed by atoms with Gasteiger partial charge in [-0.1, -0.05) is 45.7 Å². The molecule has 1 radical (unpaired) electrons. The summed E-state index contributed by atoms with van der Waals surface area (Å²) in [4.78, 5) is 0. The second-order valence-electron chi connectivity index (χ2n) is 3.95. The van der Waals surface area contributed by atoms with Gasteiger partial charge in [-0.05, 0) is 11.5 Å². The van der Waals surface area contributed by atoms with Crippen LogP contribution in [0.4, 0.5) is 0 Å². The second-order valence-corrected chi connectivity index (χ2v) is 6.84. The minimum Gasteiger partial charge on any atom is -0.0711 e. The number of hydrogen-bond donors (Lipinski definition) is 0. The zero-order chi connectivity index (χ0) is 7.56. The van der Waals surface area contributed by atoms with E-state index in [4.69, 9.17) is 0 Å². The van der Waals surface area contributed by atoms with Crippen molar-refractivity contribution in [2.75, 3.05) is 0 Å². The molecule has 1 fully saturated rings. The van der Waals surface area contributed by atoms with Crippen molar-refractivity contribution in [3.05, 3.63) is 0 Å². The van der Waals surface area contributed by atoms with Crippen LogP contribution in [0.15, 0.2) is 0 Å². The van der Waals surface area contributed by atoms with Gasteiger partial charge in [-0.3, -0.25) is 0 Å². The zero-order valence-electron chi connectivity index (χ0n) is 7.48. The molecule has 0 amide bonds. The van der Waals surface area contributed by atoms with Crippen LogP contribution in [0, 0.1) is 5.92 Å². The lowest BCUT2D eigenvalue weighted by Gasteiger charge is -2.30. The highest BCUT2D eigenvalue weighted by atomic mass is 28.3. The molecule has 1 saturated carbocycles. The van der Waals surface area contributed by atoms with Crippen molar-refractivity contribution >= 4 is 8.80 Å². The summed E-state index contributed by atoms with van der Waals surface area (Å²) in [6.07, 6.45) is 6.03. The molecule has 0 heterocycles. The lowest BCUT2D eigenvalue weighted by atomic mass is 9.90. The molecule has 0 aliphatic heterocycles. The van der Waals surface area contributed by atoms with Crippen LogP contribution >= 0.6 is 0 Å². The molecule has 59 valence electrons. The van der Waals surface area contributed by atoms with Crippen LogP contribution in [-0.4, -0.2) is 8.80 Å². The highest BCUT2D eigenvalue weighted by Gasteiger charge is 2.24. The molecule has 1 aliphatic rings. The van der Waals surface area contributed by atoms with Crippen LogP contribution in [-0.2, 0) is 0 Å². The third-order valence-electron chi connectivity index (χ3n) is 2.85. The Morgan fingerprint density at radius 3 is 2.10 bits per heavy atom. The molecule has 1 heteroatoms. The summed E-state index contributed by atoms with van der Waals surface area (Å²) in [7, 11) is 0.0161. The lowest BCUT2D eigenvalue weighted by molar-refractivity contribution is 0.380. The first-order valence-electron chi connectivity index (χ1n) is 4.52. The van der Waals surface area contributed by atoms with Crippen LogP contribution in [0.5, 0.6) is 0 Å². The largest absolute Gasteiger partial charge is 0.0711 e.